The molecule has 1 amide bonds. The molecule has 1 N–H and O–H groups in total. The number of aromatic nitrogens is 1. The number of rotatable bonds is 4. The molecule has 5 aromatic rings. The number of nitrogens with one attached hydrogen (secondary N) is 1. The molecule has 0 spiro atoms. The van der Waals surface area contributed by atoms with Crippen molar-refractivity contribution in [1.29, 1.82) is 0 Å². The van der Waals surface area contributed by atoms with Crippen LogP contribution in [0.4, 0.5) is 10.8 Å². The van der Waals surface area contributed by atoms with Crippen molar-refractivity contribution in [3.8, 4) is 11.3 Å². The zero-order valence-electron chi connectivity index (χ0n) is 17.9. The number of fused-ring (bicyclic) bond motifs is 1. The monoisotopic (exact) mass is 549 g/mol. The molecule has 0 aliphatic heterocycles. The van der Waals surface area contributed by atoms with E-state index in [-0.39, 0.29) is 11.5 Å². The lowest BCUT2D eigenvalue weighted by Gasteiger charge is -2.06. The summed E-state index contributed by atoms with van der Waals surface area (Å²) >= 11 is 11.0. The highest BCUT2D eigenvalue weighted by atomic mass is 79.9. The molecule has 0 bridgehead atoms. The molecular weight excluding hydrogens is 534 g/mol. The zero-order chi connectivity index (χ0) is 23.7. The largest absolute Gasteiger partial charge is 0.438 e. The van der Waals surface area contributed by atoms with Gasteiger partial charge in [-0.3, -0.25) is 10.1 Å². The fraction of sp³-hybridized carbons (Fsp3) is 0.0385. The van der Waals surface area contributed by atoms with Crippen molar-refractivity contribution in [2.75, 3.05) is 5.32 Å². The molecule has 2 heterocycles. The molecule has 34 heavy (non-hydrogen) atoms. The molecule has 0 saturated heterocycles. The van der Waals surface area contributed by atoms with E-state index in [0.717, 1.165) is 27.0 Å². The van der Waals surface area contributed by atoms with Crippen LogP contribution in [0.1, 0.15) is 15.9 Å². The van der Waals surface area contributed by atoms with Crippen LogP contribution in [0.3, 0.4) is 0 Å². The third-order valence-corrected chi connectivity index (χ3v) is 6.68. The lowest BCUT2D eigenvalue weighted by molar-refractivity contribution is 0.102. The number of hydrogen-bond acceptors (Lipinski definition) is 5. The summed E-state index contributed by atoms with van der Waals surface area (Å²) in [6.07, 6.45) is 0. The van der Waals surface area contributed by atoms with Gasteiger partial charge in [-0.25, -0.2) is 9.98 Å². The third kappa shape index (κ3) is 4.82. The molecule has 2 aromatic heterocycles. The second-order valence-corrected chi connectivity index (χ2v) is 9.75. The normalized spacial score (nSPS) is 11.7. The quantitative estimate of drug-likeness (QED) is 0.249. The van der Waals surface area contributed by atoms with E-state index < -0.39 is 0 Å². The highest BCUT2D eigenvalue weighted by molar-refractivity contribution is 9.10. The van der Waals surface area contributed by atoms with E-state index in [0.29, 0.717) is 26.7 Å². The van der Waals surface area contributed by atoms with Crippen molar-refractivity contribution in [3.63, 3.8) is 0 Å². The Labute approximate surface area is 212 Å². The van der Waals surface area contributed by atoms with E-state index in [1.165, 1.54) is 11.3 Å². The van der Waals surface area contributed by atoms with Gasteiger partial charge in [-0.1, -0.05) is 57.9 Å². The van der Waals surface area contributed by atoms with E-state index in [2.05, 4.69) is 31.2 Å². The second kappa shape index (κ2) is 9.54. The molecule has 5 rings (SSSR count). The topological polar surface area (TPSA) is 67.5 Å². The van der Waals surface area contributed by atoms with Crippen molar-refractivity contribution >= 4 is 66.6 Å². The summed E-state index contributed by atoms with van der Waals surface area (Å²) in [5.41, 5.74) is 4.53. The fourth-order valence-electron chi connectivity index (χ4n) is 3.39. The van der Waals surface area contributed by atoms with Crippen molar-refractivity contribution in [3.05, 3.63) is 104 Å². The van der Waals surface area contributed by atoms with Crippen molar-refractivity contribution < 1.29 is 9.21 Å². The molecule has 0 fully saturated rings. The van der Waals surface area contributed by atoms with E-state index >= 15 is 0 Å². The molecule has 0 unspecified atom stereocenters. The lowest BCUT2D eigenvalue weighted by Crippen LogP contribution is -2.21. The number of aryl methyl sites for hydroxylation is 1. The Kier molecular flexibility index (Phi) is 6.32. The van der Waals surface area contributed by atoms with Gasteiger partial charge in [0.25, 0.3) is 5.91 Å². The maximum Gasteiger partial charge on any atom is 0.262 e. The van der Waals surface area contributed by atoms with Crippen LogP contribution in [0.15, 0.2) is 92.1 Å². The first-order chi connectivity index (χ1) is 16.5. The summed E-state index contributed by atoms with van der Waals surface area (Å²) in [6.45, 7) is 1.96. The number of benzene rings is 3. The maximum absolute atomic E-state index is 13.3. The summed E-state index contributed by atoms with van der Waals surface area (Å²) < 4.78 is 7.03. The first kappa shape index (κ1) is 22.5. The highest BCUT2D eigenvalue weighted by Gasteiger charge is 2.16. The Bertz CT molecular complexity index is 1590. The van der Waals surface area contributed by atoms with E-state index in [1.54, 1.807) is 24.3 Å². The van der Waals surface area contributed by atoms with Gasteiger partial charge in [0.2, 0.25) is 5.55 Å². The van der Waals surface area contributed by atoms with Gasteiger partial charge in [0.05, 0.1) is 11.4 Å². The van der Waals surface area contributed by atoms with Gasteiger partial charge in [0.15, 0.2) is 5.13 Å². The molecule has 5 nitrogen and oxygen atoms in total. The average molecular weight is 551 g/mol. The Balaban J connectivity index is 1.55. The van der Waals surface area contributed by atoms with E-state index in [9.17, 15) is 4.79 Å². The van der Waals surface area contributed by atoms with Gasteiger partial charge >= 0.3 is 0 Å². The number of thiazole rings is 1. The SMILES string of the molecule is Cc1ccccc1N=c1oc2ccc(Cl)cc2cc1C(=O)Nc1nc(-c2ccc(Br)cc2)cs1. The van der Waals surface area contributed by atoms with Crippen LogP contribution < -0.4 is 10.9 Å². The second-order valence-electron chi connectivity index (χ2n) is 7.54. The summed E-state index contributed by atoms with van der Waals surface area (Å²) in [4.78, 5) is 22.5. The molecule has 0 saturated carbocycles. The molecule has 3 aromatic carbocycles. The highest BCUT2D eigenvalue weighted by Crippen LogP contribution is 2.27. The number of hydrogen-bond donors (Lipinski definition) is 1. The van der Waals surface area contributed by atoms with Crippen LogP contribution in [0.5, 0.6) is 0 Å². The van der Waals surface area contributed by atoms with E-state index in [1.807, 2.05) is 60.8 Å². The van der Waals surface area contributed by atoms with Gasteiger partial charge in [0.1, 0.15) is 11.1 Å². The minimum atomic E-state index is -0.366. The molecule has 0 radical (unpaired) electrons. The van der Waals surface area contributed by atoms with Crippen LogP contribution in [0.25, 0.3) is 22.2 Å². The molecule has 0 atom stereocenters. The number of amides is 1. The predicted octanol–water partition coefficient (Wildman–Crippen LogP) is 7.77. The average Bonchev–Trinajstić information content (AvgIpc) is 3.29. The summed E-state index contributed by atoms with van der Waals surface area (Å²) in [7, 11) is 0. The minimum absolute atomic E-state index is 0.214. The number of para-hydroxylation sites is 1. The van der Waals surface area contributed by atoms with Crippen molar-refractivity contribution in [2.45, 2.75) is 6.92 Å². The zero-order valence-corrected chi connectivity index (χ0v) is 21.0. The number of carbonyl (C=O) groups excluding carboxylic acids is 1. The Morgan fingerprint density at radius 3 is 2.68 bits per heavy atom. The first-order valence-corrected chi connectivity index (χ1v) is 12.4. The third-order valence-electron chi connectivity index (χ3n) is 5.16. The minimum Gasteiger partial charge on any atom is -0.438 e. The van der Waals surface area contributed by atoms with Crippen LogP contribution in [-0.4, -0.2) is 10.9 Å². The van der Waals surface area contributed by atoms with Gasteiger partial charge in [-0.2, -0.15) is 0 Å². The molecule has 0 aliphatic rings. The van der Waals surface area contributed by atoms with Crippen LogP contribution in [0.2, 0.25) is 5.02 Å². The van der Waals surface area contributed by atoms with Crippen LogP contribution >= 0.6 is 38.9 Å². The van der Waals surface area contributed by atoms with E-state index in [4.69, 9.17) is 16.0 Å². The molecule has 168 valence electrons. The smallest absolute Gasteiger partial charge is 0.262 e. The lowest BCUT2D eigenvalue weighted by atomic mass is 10.1. The predicted molar refractivity (Wildman–Crippen MR) is 141 cm³/mol. The summed E-state index contributed by atoms with van der Waals surface area (Å²) in [6, 6.07) is 22.5. The Hall–Kier alpha value is -3.26. The van der Waals surface area contributed by atoms with Gasteiger partial charge in [-0.15, -0.1) is 11.3 Å². The fourth-order valence-corrected chi connectivity index (χ4v) is 4.55. The first-order valence-electron chi connectivity index (χ1n) is 10.3. The Morgan fingerprint density at radius 2 is 1.88 bits per heavy atom. The Morgan fingerprint density at radius 1 is 1.09 bits per heavy atom. The van der Waals surface area contributed by atoms with Crippen LogP contribution in [0, 0.1) is 6.92 Å². The van der Waals surface area contributed by atoms with Gasteiger partial charge in [-0.05, 0) is 55.0 Å². The van der Waals surface area contributed by atoms with Crippen molar-refractivity contribution in [2.24, 2.45) is 4.99 Å². The van der Waals surface area contributed by atoms with Gasteiger partial charge < -0.3 is 4.42 Å². The molecular formula is C26H17BrClN3O2S. The molecule has 8 heteroatoms. The number of anilines is 1. The number of nitrogens with zero attached hydrogens (tertiary/aromatic N) is 2. The van der Waals surface area contributed by atoms with Crippen LogP contribution in [-0.2, 0) is 0 Å². The standard InChI is InChI=1S/C26H17BrClN3O2S/c1-15-4-2-3-5-21(15)29-25-20(13-17-12-19(28)10-11-23(17)33-25)24(32)31-26-30-22(14-34-26)16-6-8-18(27)9-7-16/h2-14H,1H3,(H,30,31,32). The number of carbonyl (C=O) groups is 1. The summed E-state index contributed by atoms with van der Waals surface area (Å²) in [5.74, 6) is -0.366. The van der Waals surface area contributed by atoms with Gasteiger partial charge in [0, 0.05) is 25.8 Å². The maximum atomic E-state index is 13.3. The molecule has 0 aliphatic carbocycles. The van der Waals surface area contributed by atoms with Crippen molar-refractivity contribution in [1.82, 2.24) is 4.98 Å². The summed E-state index contributed by atoms with van der Waals surface area (Å²) in [5, 5.41) is 6.53. The number of halogens is 2.